The molecule has 0 aromatic rings. The summed E-state index contributed by atoms with van der Waals surface area (Å²) in [5, 5.41) is 0. The van der Waals surface area contributed by atoms with E-state index in [0.717, 1.165) is 5.92 Å². The van der Waals surface area contributed by atoms with Gasteiger partial charge in [0, 0.05) is 6.54 Å². The van der Waals surface area contributed by atoms with E-state index in [1.807, 2.05) is 13.8 Å². The summed E-state index contributed by atoms with van der Waals surface area (Å²) in [5.74, 6) is 0.933. The van der Waals surface area contributed by atoms with Crippen LogP contribution in [-0.4, -0.2) is 24.5 Å². The van der Waals surface area contributed by atoms with Gasteiger partial charge in [0.1, 0.15) is 0 Å². The maximum atomic E-state index is 2.57. The normalized spacial score (nSPS) is 25.5. The first-order valence-corrected chi connectivity index (χ1v) is 5.55. The van der Waals surface area contributed by atoms with Gasteiger partial charge in [-0.15, -0.1) is 0 Å². The molecule has 0 N–H and O–H groups in total. The molecule has 1 fully saturated rings. The molecule has 0 spiro atoms. The molecule has 0 radical (unpaired) electrons. The van der Waals surface area contributed by atoms with Crippen molar-refractivity contribution in [3.05, 3.63) is 0 Å². The highest BCUT2D eigenvalue weighted by Gasteiger charge is 2.11. The molecule has 74 valence electrons. The fraction of sp³-hybridized carbons (Fsp3) is 1.00. The van der Waals surface area contributed by atoms with Crippen LogP contribution in [0.5, 0.6) is 0 Å². The Bertz CT molecular complexity index is 91.0. The van der Waals surface area contributed by atoms with Crippen molar-refractivity contribution < 1.29 is 0 Å². The van der Waals surface area contributed by atoms with Gasteiger partial charge in [-0.05, 0) is 31.8 Å². The number of rotatable bonds is 1. The second-order valence-corrected chi connectivity index (χ2v) is 3.49. The van der Waals surface area contributed by atoms with Crippen LogP contribution in [0.25, 0.3) is 0 Å². The highest BCUT2D eigenvalue weighted by atomic mass is 15.1. The molecule has 1 nitrogen and oxygen atoms in total. The molecule has 0 aromatic heterocycles. The lowest BCUT2D eigenvalue weighted by Gasteiger charge is -2.19. The van der Waals surface area contributed by atoms with Crippen molar-refractivity contribution in [2.45, 2.75) is 47.0 Å². The number of hydrogen-bond acceptors (Lipinski definition) is 1. The Kier molecular flexibility index (Phi) is 7.58. The second kappa shape index (κ2) is 7.60. The topological polar surface area (TPSA) is 3.24 Å². The molecule has 1 rings (SSSR count). The van der Waals surface area contributed by atoms with E-state index >= 15 is 0 Å². The van der Waals surface area contributed by atoms with Gasteiger partial charge in [0.15, 0.2) is 0 Å². The number of nitrogens with zero attached hydrogens (tertiary/aromatic N) is 1. The third kappa shape index (κ3) is 4.76. The van der Waals surface area contributed by atoms with Crippen molar-refractivity contribution in [2.75, 3.05) is 19.6 Å². The van der Waals surface area contributed by atoms with Gasteiger partial charge in [-0.3, -0.25) is 0 Å². The smallest absolute Gasteiger partial charge is 0.000690 e. The molecule has 1 heterocycles. The molecule has 0 bridgehead atoms. The summed E-state index contributed by atoms with van der Waals surface area (Å²) in [6.07, 6.45) is 4.30. The standard InChI is InChI=1S/C9H19N.C2H6/c1-3-10-7-5-4-6-9(2)8-10;1-2/h9H,3-8H2,1-2H3;1-2H3/t9-;/m0./s1. The summed E-state index contributed by atoms with van der Waals surface area (Å²) < 4.78 is 0. The van der Waals surface area contributed by atoms with Crippen LogP contribution in [0.3, 0.4) is 0 Å². The van der Waals surface area contributed by atoms with E-state index in [1.54, 1.807) is 0 Å². The summed E-state index contributed by atoms with van der Waals surface area (Å²) >= 11 is 0. The van der Waals surface area contributed by atoms with Crippen LogP contribution in [0.1, 0.15) is 47.0 Å². The molecule has 0 amide bonds. The van der Waals surface area contributed by atoms with Gasteiger partial charge < -0.3 is 4.90 Å². The van der Waals surface area contributed by atoms with Gasteiger partial charge in [-0.25, -0.2) is 0 Å². The van der Waals surface area contributed by atoms with Crippen molar-refractivity contribution in [1.82, 2.24) is 4.90 Å². The van der Waals surface area contributed by atoms with Gasteiger partial charge in [-0.2, -0.15) is 0 Å². The van der Waals surface area contributed by atoms with Gasteiger partial charge in [-0.1, -0.05) is 34.1 Å². The second-order valence-electron chi connectivity index (χ2n) is 3.49. The predicted octanol–water partition coefficient (Wildman–Crippen LogP) is 3.15. The minimum Gasteiger partial charge on any atom is -0.303 e. The SMILES string of the molecule is CC.CCN1CCCC[C@H](C)C1. The van der Waals surface area contributed by atoms with E-state index < -0.39 is 0 Å². The average Bonchev–Trinajstić information content (AvgIpc) is 2.33. The van der Waals surface area contributed by atoms with Crippen molar-refractivity contribution in [1.29, 1.82) is 0 Å². The Hall–Kier alpha value is -0.0400. The zero-order valence-corrected chi connectivity index (χ0v) is 9.27. The van der Waals surface area contributed by atoms with Crippen LogP contribution >= 0.6 is 0 Å². The van der Waals surface area contributed by atoms with Crippen LogP contribution < -0.4 is 0 Å². The molecule has 1 saturated heterocycles. The molecule has 1 aliphatic heterocycles. The lowest BCUT2D eigenvalue weighted by molar-refractivity contribution is 0.269. The van der Waals surface area contributed by atoms with E-state index in [9.17, 15) is 0 Å². The average molecular weight is 171 g/mol. The third-order valence-corrected chi connectivity index (χ3v) is 2.44. The van der Waals surface area contributed by atoms with E-state index in [4.69, 9.17) is 0 Å². The first-order valence-electron chi connectivity index (χ1n) is 5.55. The molecule has 0 saturated carbocycles. The Labute approximate surface area is 78.1 Å². The Morgan fingerprint density at radius 2 is 1.92 bits per heavy atom. The first kappa shape index (κ1) is 12.0. The zero-order valence-electron chi connectivity index (χ0n) is 9.27. The first-order chi connectivity index (χ1) is 5.83. The minimum atomic E-state index is 0.933. The van der Waals surface area contributed by atoms with Crippen LogP contribution in [0, 0.1) is 5.92 Å². The van der Waals surface area contributed by atoms with Crippen molar-refractivity contribution >= 4 is 0 Å². The molecule has 12 heavy (non-hydrogen) atoms. The molecule has 0 aromatic carbocycles. The molecule has 0 aliphatic carbocycles. The molecule has 1 heteroatoms. The van der Waals surface area contributed by atoms with E-state index in [2.05, 4.69) is 18.7 Å². The van der Waals surface area contributed by atoms with Crippen LogP contribution in [-0.2, 0) is 0 Å². The highest BCUT2D eigenvalue weighted by molar-refractivity contribution is 4.66. The number of likely N-dealkylation sites (tertiary alicyclic amines) is 1. The Morgan fingerprint density at radius 1 is 1.25 bits per heavy atom. The van der Waals surface area contributed by atoms with E-state index in [-0.39, 0.29) is 0 Å². The quantitative estimate of drug-likeness (QED) is 0.586. The van der Waals surface area contributed by atoms with Gasteiger partial charge in [0.25, 0.3) is 0 Å². The van der Waals surface area contributed by atoms with E-state index in [1.165, 1.54) is 38.9 Å². The van der Waals surface area contributed by atoms with Crippen LogP contribution in [0.15, 0.2) is 0 Å². The molecular formula is C11H25N. The summed E-state index contributed by atoms with van der Waals surface area (Å²) in [6, 6.07) is 0. The lowest BCUT2D eigenvalue weighted by atomic mass is 10.1. The monoisotopic (exact) mass is 171 g/mol. The van der Waals surface area contributed by atoms with E-state index in [0.29, 0.717) is 0 Å². The zero-order chi connectivity index (χ0) is 9.40. The maximum Gasteiger partial charge on any atom is 0.000690 e. The Balaban J connectivity index is 0.000000561. The molecule has 1 aliphatic rings. The van der Waals surface area contributed by atoms with Gasteiger partial charge in [0.05, 0.1) is 0 Å². The minimum absolute atomic E-state index is 0.933. The van der Waals surface area contributed by atoms with Crippen LogP contribution in [0.4, 0.5) is 0 Å². The van der Waals surface area contributed by atoms with Crippen molar-refractivity contribution in [3.63, 3.8) is 0 Å². The van der Waals surface area contributed by atoms with Crippen molar-refractivity contribution in [3.8, 4) is 0 Å². The Morgan fingerprint density at radius 3 is 2.50 bits per heavy atom. The van der Waals surface area contributed by atoms with Gasteiger partial charge >= 0.3 is 0 Å². The molecular weight excluding hydrogens is 146 g/mol. The lowest BCUT2D eigenvalue weighted by Crippen LogP contribution is -2.26. The molecule has 0 unspecified atom stereocenters. The summed E-state index contributed by atoms with van der Waals surface area (Å²) in [6.45, 7) is 12.5. The number of hydrogen-bond donors (Lipinski definition) is 0. The molecule has 1 atom stereocenters. The summed E-state index contributed by atoms with van der Waals surface area (Å²) in [4.78, 5) is 2.57. The van der Waals surface area contributed by atoms with Gasteiger partial charge in [0.2, 0.25) is 0 Å². The highest BCUT2D eigenvalue weighted by Crippen LogP contribution is 2.14. The predicted molar refractivity (Wildman–Crippen MR) is 56.5 cm³/mol. The van der Waals surface area contributed by atoms with Crippen molar-refractivity contribution in [2.24, 2.45) is 5.92 Å². The maximum absolute atomic E-state index is 2.57. The fourth-order valence-electron chi connectivity index (χ4n) is 1.74. The summed E-state index contributed by atoms with van der Waals surface area (Å²) in [5.41, 5.74) is 0. The fourth-order valence-corrected chi connectivity index (χ4v) is 1.74. The summed E-state index contributed by atoms with van der Waals surface area (Å²) in [7, 11) is 0. The largest absolute Gasteiger partial charge is 0.303 e. The van der Waals surface area contributed by atoms with Crippen LogP contribution in [0.2, 0.25) is 0 Å². The third-order valence-electron chi connectivity index (χ3n) is 2.44.